The van der Waals surface area contributed by atoms with Gasteiger partial charge in [0.15, 0.2) is 5.82 Å². The number of aryl methyl sites for hydroxylation is 1. The second-order valence-corrected chi connectivity index (χ2v) is 5.23. The van der Waals surface area contributed by atoms with Crippen molar-refractivity contribution in [2.24, 2.45) is 7.05 Å². The summed E-state index contributed by atoms with van der Waals surface area (Å²) in [5.74, 6) is 0.451. The number of aromatic nitrogens is 4. The SMILES string of the molecule is Cn1nnnc1CNC1(c2cccc(OC(F)(F)F)c2)CC1. The zero-order valence-electron chi connectivity index (χ0n) is 11.8. The molecular weight excluding hydrogens is 299 g/mol. The Hall–Kier alpha value is -2.16. The summed E-state index contributed by atoms with van der Waals surface area (Å²) < 4.78 is 42.4. The summed E-state index contributed by atoms with van der Waals surface area (Å²) in [4.78, 5) is 0. The van der Waals surface area contributed by atoms with E-state index in [1.54, 1.807) is 23.9 Å². The van der Waals surface area contributed by atoms with Crippen LogP contribution in [0.3, 0.4) is 0 Å². The van der Waals surface area contributed by atoms with Crippen molar-refractivity contribution in [1.82, 2.24) is 25.5 Å². The van der Waals surface area contributed by atoms with Crippen molar-refractivity contribution < 1.29 is 17.9 Å². The molecule has 22 heavy (non-hydrogen) atoms. The second-order valence-electron chi connectivity index (χ2n) is 5.23. The van der Waals surface area contributed by atoms with Gasteiger partial charge in [-0.25, -0.2) is 4.68 Å². The van der Waals surface area contributed by atoms with Crippen LogP contribution in [0.5, 0.6) is 5.75 Å². The average molecular weight is 313 g/mol. The maximum Gasteiger partial charge on any atom is 0.573 e. The Kier molecular flexibility index (Phi) is 3.51. The lowest BCUT2D eigenvalue weighted by Crippen LogP contribution is -2.29. The van der Waals surface area contributed by atoms with Crippen LogP contribution in [0.4, 0.5) is 13.2 Å². The van der Waals surface area contributed by atoms with E-state index in [9.17, 15) is 13.2 Å². The van der Waals surface area contributed by atoms with Crippen LogP contribution < -0.4 is 10.1 Å². The third-order valence-corrected chi connectivity index (χ3v) is 3.66. The van der Waals surface area contributed by atoms with Crippen LogP contribution in [0.2, 0.25) is 0 Å². The Morgan fingerprint density at radius 2 is 2.14 bits per heavy atom. The normalized spacial score (nSPS) is 16.5. The highest BCUT2D eigenvalue weighted by molar-refractivity contribution is 5.37. The number of alkyl halides is 3. The molecule has 1 saturated carbocycles. The van der Waals surface area contributed by atoms with E-state index < -0.39 is 6.36 Å². The molecule has 0 spiro atoms. The maximum atomic E-state index is 12.3. The van der Waals surface area contributed by atoms with Gasteiger partial charge < -0.3 is 10.1 Å². The van der Waals surface area contributed by atoms with Crippen LogP contribution in [0.15, 0.2) is 24.3 Å². The molecular formula is C13H14F3N5O. The lowest BCUT2D eigenvalue weighted by Gasteiger charge is -2.18. The van der Waals surface area contributed by atoms with Crippen molar-refractivity contribution in [2.45, 2.75) is 31.3 Å². The van der Waals surface area contributed by atoms with Gasteiger partial charge in [0.1, 0.15) is 5.75 Å². The molecule has 1 aliphatic carbocycles. The number of nitrogens with one attached hydrogen (secondary N) is 1. The van der Waals surface area contributed by atoms with E-state index in [-0.39, 0.29) is 11.3 Å². The minimum absolute atomic E-state index is 0.210. The second kappa shape index (κ2) is 5.24. The topological polar surface area (TPSA) is 64.9 Å². The summed E-state index contributed by atoms with van der Waals surface area (Å²) in [6.45, 7) is 0.438. The number of hydrogen-bond acceptors (Lipinski definition) is 5. The van der Waals surface area contributed by atoms with E-state index in [1.807, 2.05) is 0 Å². The van der Waals surface area contributed by atoms with Crippen LogP contribution in [0, 0.1) is 0 Å². The van der Waals surface area contributed by atoms with Crippen LogP contribution in [-0.4, -0.2) is 26.6 Å². The Morgan fingerprint density at radius 3 is 2.73 bits per heavy atom. The van der Waals surface area contributed by atoms with Gasteiger partial charge in [-0.05, 0) is 41.0 Å². The fourth-order valence-electron chi connectivity index (χ4n) is 2.33. The maximum absolute atomic E-state index is 12.3. The van der Waals surface area contributed by atoms with Gasteiger partial charge in [0, 0.05) is 12.6 Å². The molecule has 1 aromatic carbocycles. The monoisotopic (exact) mass is 313 g/mol. The molecule has 0 atom stereocenters. The first-order valence-electron chi connectivity index (χ1n) is 6.71. The van der Waals surface area contributed by atoms with Crippen LogP contribution in [-0.2, 0) is 19.1 Å². The highest BCUT2D eigenvalue weighted by Crippen LogP contribution is 2.46. The molecule has 1 heterocycles. The molecule has 118 valence electrons. The quantitative estimate of drug-likeness (QED) is 0.913. The molecule has 0 radical (unpaired) electrons. The molecule has 9 heteroatoms. The van der Waals surface area contributed by atoms with Crippen molar-refractivity contribution in [1.29, 1.82) is 0 Å². The van der Waals surface area contributed by atoms with Crippen molar-refractivity contribution in [2.75, 3.05) is 0 Å². The average Bonchev–Trinajstić information content (AvgIpc) is 3.12. The number of ether oxygens (including phenoxy) is 1. The molecule has 6 nitrogen and oxygen atoms in total. The third-order valence-electron chi connectivity index (χ3n) is 3.66. The number of rotatable bonds is 5. The number of hydrogen-bond donors (Lipinski definition) is 1. The molecule has 1 aromatic heterocycles. The minimum atomic E-state index is -4.69. The van der Waals surface area contributed by atoms with E-state index in [1.165, 1.54) is 12.1 Å². The summed E-state index contributed by atoms with van der Waals surface area (Å²) in [5.41, 5.74) is 0.432. The van der Waals surface area contributed by atoms with Gasteiger partial charge in [0.25, 0.3) is 0 Å². The molecule has 1 N–H and O–H groups in total. The van der Waals surface area contributed by atoms with Gasteiger partial charge in [-0.3, -0.25) is 0 Å². The standard InChI is InChI=1S/C13H14F3N5O/c1-21-11(18-19-20-21)8-17-12(5-6-12)9-3-2-4-10(7-9)22-13(14,15)16/h2-4,7,17H,5-6,8H2,1H3. The van der Waals surface area contributed by atoms with Crippen molar-refractivity contribution in [3.8, 4) is 5.75 Å². The molecule has 1 fully saturated rings. The molecule has 2 aromatic rings. The smallest absolute Gasteiger partial charge is 0.406 e. The zero-order valence-corrected chi connectivity index (χ0v) is 11.8. The van der Waals surface area contributed by atoms with Gasteiger partial charge in [0.2, 0.25) is 0 Å². The fraction of sp³-hybridized carbons (Fsp3) is 0.462. The van der Waals surface area contributed by atoms with Gasteiger partial charge in [-0.1, -0.05) is 12.1 Å². The molecule has 0 amide bonds. The first-order chi connectivity index (χ1) is 10.4. The summed E-state index contributed by atoms with van der Waals surface area (Å²) in [7, 11) is 1.73. The predicted molar refractivity (Wildman–Crippen MR) is 69.7 cm³/mol. The van der Waals surface area contributed by atoms with Crippen molar-refractivity contribution in [3.05, 3.63) is 35.7 Å². The Labute approximate surface area is 124 Å². The summed E-state index contributed by atoms with van der Waals surface area (Å²) in [6, 6.07) is 6.06. The van der Waals surface area contributed by atoms with E-state index in [0.29, 0.717) is 12.4 Å². The van der Waals surface area contributed by atoms with Gasteiger partial charge in [0.05, 0.1) is 6.54 Å². The number of benzene rings is 1. The Balaban J connectivity index is 1.73. The lowest BCUT2D eigenvalue weighted by atomic mass is 10.0. The molecule has 3 rings (SSSR count). The van der Waals surface area contributed by atoms with Crippen molar-refractivity contribution in [3.63, 3.8) is 0 Å². The van der Waals surface area contributed by atoms with Gasteiger partial charge >= 0.3 is 6.36 Å². The first-order valence-corrected chi connectivity index (χ1v) is 6.71. The molecule has 0 aliphatic heterocycles. The summed E-state index contributed by atoms with van der Waals surface area (Å²) in [5, 5.41) is 14.5. The molecule has 0 unspecified atom stereocenters. The Bertz CT molecular complexity index is 666. The first kappa shape index (κ1) is 14.8. The third kappa shape index (κ3) is 3.19. The van der Waals surface area contributed by atoms with Crippen LogP contribution in [0.25, 0.3) is 0 Å². The van der Waals surface area contributed by atoms with E-state index in [0.717, 1.165) is 18.4 Å². The van der Waals surface area contributed by atoms with E-state index in [2.05, 4.69) is 25.6 Å². The zero-order chi connectivity index (χ0) is 15.8. The summed E-state index contributed by atoms with van der Waals surface area (Å²) in [6.07, 6.45) is -3.01. The predicted octanol–water partition coefficient (Wildman–Crippen LogP) is 1.89. The number of halogens is 3. The molecule has 1 aliphatic rings. The molecule has 0 saturated heterocycles. The van der Waals surface area contributed by atoms with E-state index in [4.69, 9.17) is 0 Å². The summed E-state index contributed by atoms with van der Waals surface area (Å²) >= 11 is 0. The molecule has 0 bridgehead atoms. The van der Waals surface area contributed by atoms with Crippen LogP contribution in [0.1, 0.15) is 24.2 Å². The number of tetrazole rings is 1. The number of nitrogens with zero attached hydrogens (tertiary/aromatic N) is 4. The van der Waals surface area contributed by atoms with Gasteiger partial charge in [-0.2, -0.15) is 0 Å². The highest BCUT2D eigenvalue weighted by atomic mass is 19.4. The van der Waals surface area contributed by atoms with Gasteiger partial charge in [-0.15, -0.1) is 18.3 Å². The fourth-order valence-corrected chi connectivity index (χ4v) is 2.33. The highest BCUT2D eigenvalue weighted by Gasteiger charge is 2.44. The lowest BCUT2D eigenvalue weighted by molar-refractivity contribution is -0.274. The van der Waals surface area contributed by atoms with Crippen molar-refractivity contribution >= 4 is 0 Å². The minimum Gasteiger partial charge on any atom is -0.406 e. The Morgan fingerprint density at radius 1 is 1.36 bits per heavy atom. The van der Waals surface area contributed by atoms with Crippen LogP contribution >= 0.6 is 0 Å². The van der Waals surface area contributed by atoms with E-state index >= 15 is 0 Å². The largest absolute Gasteiger partial charge is 0.573 e.